The maximum atomic E-state index is 12.3. The van der Waals surface area contributed by atoms with Gasteiger partial charge in [0.1, 0.15) is 11.0 Å². The highest BCUT2D eigenvalue weighted by atomic mass is 16.6. The molecule has 6 nitrogen and oxygen atoms in total. The van der Waals surface area contributed by atoms with E-state index in [1.807, 2.05) is 0 Å². The Morgan fingerprint density at radius 1 is 1.21 bits per heavy atom. The number of nitro groups is 1. The molecule has 1 heterocycles. The third kappa shape index (κ3) is 1.57. The van der Waals surface area contributed by atoms with E-state index in [0.717, 1.165) is 5.56 Å². The van der Waals surface area contributed by atoms with E-state index in [9.17, 15) is 15.3 Å². The Balaban J connectivity index is 2.61. The predicted octanol–water partition coefficient (Wildman–Crippen LogP) is 2.24. The molecule has 0 saturated carbocycles. The lowest BCUT2D eigenvalue weighted by Gasteiger charge is -2.06. The molecule has 0 amide bonds. The third-order valence-corrected chi connectivity index (χ3v) is 3.06. The Morgan fingerprint density at radius 2 is 1.95 bits per heavy atom. The minimum Gasteiger partial charge on any atom is -0.618 e. The monoisotopic (exact) mass is 255 g/mol. The van der Waals surface area contributed by atoms with Gasteiger partial charge in [-0.25, -0.2) is 4.98 Å². The fraction of sp³-hybridized carbons (Fsp3) is 0.0769. The highest BCUT2D eigenvalue weighted by molar-refractivity contribution is 5.88. The SMILES string of the molecule is Cc1ccc([N+](=O)[O-])c2c1nc1ccccc1[n+]2[O-]. The van der Waals surface area contributed by atoms with E-state index >= 15 is 0 Å². The van der Waals surface area contributed by atoms with Crippen LogP contribution in [0, 0.1) is 22.2 Å². The number of para-hydroxylation sites is 2. The van der Waals surface area contributed by atoms with Gasteiger partial charge in [0, 0.05) is 12.1 Å². The van der Waals surface area contributed by atoms with Crippen LogP contribution in [-0.4, -0.2) is 9.91 Å². The number of fused-ring (bicyclic) bond motifs is 2. The van der Waals surface area contributed by atoms with E-state index in [2.05, 4.69) is 4.98 Å². The first-order chi connectivity index (χ1) is 9.09. The fourth-order valence-electron chi connectivity index (χ4n) is 2.13. The molecular formula is C13H9N3O3. The van der Waals surface area contributed by atoms with Crippen molar-refractivity contribution >= 4 is 27.8 Å². The van der Waals surface area contributed by atoms with Crippen molar-refractivity contribution < 1.29 is 9.65 Å². The first-order valence-corrected chi connectivity index (χ1v) is 5.65. The minimum atomic E-state index is -0.563. The molecule has 3 rings (SSSR count). The van der Waals surface area contributed by atoms with E-state index in [1.165, 1.54) is 6.07 Å². The zero-order valence-electron chi connectivity index (χ0n) is 10.0. The lowest BCUT2D eigenvalue weighted by Crippen LogP contribution is -2.29. The van der Waals surface area contributed by atoms with Crippen LogP contribution in [-0.2, 0) is 0 Å². The van der Waals surface area contributed by atoms with Gasteiger partial charge in [-0.2, -0.15) is 4.73 Å². The second-order valence-corrected chi connectivity index (χ2v) is 4.25. The maximum absolute atomic E-state index is 12.3. The summed E-state index contributed by atoms with van der Waals surface area (Å²) in [6, 6.07) is 9.72. The highest BCUT2D eigenvalue weighted by Gasteiger charge is 2.24. The number of nitrogens with zero attached hydrogens (tertiary/aromatic N) is 3. The minimum absolute atomic E-state index is 0.00343. The largest absolute Gasteiger partial charge is 0.618 e. The van der Waals surface area contributed by atoms with E-state index in [0.29, 0.717) is 21.3 Å². The topological polar surface area (TPSA) is 83.0 Å². The summed E-state index contributed by atoms with van der Waals surface area (Å²) in [4.78, 5) is 14.8. The smallest absolute Gasteiger partial charge is 0.343 e. The van der Waals surface area contributed by atoms with Crippen LogP contribution < -0.4 is 4.73 Å². The number of hydrogen-bond acceptors (Lipinski definition) is 4. The zero-order valence-corrected chi connectivity index (χ0v) is 10.0. The molecule has 0 radical (unpaired) electrons. The lowest BCUT2D eigenvalue weighted by molar-refractivity contribution is -0.552. The van der Waals surface area contributed by atoms with Crippen LogP contribution >= 0.6 is 0 Å². The van der Waals surface area contributed by atoms with E-state index < -0.39 is 4.92 Å². The molecule has 0 aliphatic carbocycles. The van der Waals surface area contributed by atoms with Crippen molar-refractivity contribution in [2.24, 2.45) is 0 Å². The molecule has 6 heteroatoms. The van der Waals surface area contributed by atoms with Crippen molar-refractivity contribution in [3.63, 3.8) is 0 Å². The van der Waals surface area contributed by atoms with E-state index in [1.54, 1.807) is 37.3 Å². The molecule has 94 valence electrons. The van der Waals surface area contributed by atoms with Gasteiger partial charge >= 0.3 is 11.2 Å². The second-order valence-electron chi connectivity index (χ2n) is 4.25. The van der Waals surface area contributed by atoms with Crippen molar-refractivity contribution in [3.05, 3.63) is 57.3 Å². The Labute approximate surface area is 107 Å². The molecule has 0 atom stereocenters. The van der Waals surface area contributed by atoms with Gasteiger partial charge in [0.15, 0.2) is 0 Å². The summed E-state index contributed by atoms with van der Waals surface area (Å²) in [5.41, 5.74) is 1.72. The van der Waals surface area contributed by atoms with Gasteiger partial charge in [0.2, 0.25) is 5.52 Å². The summed E-state index contributed by atoms with van der Waals surface area (Å²) in [5, 5.41) is 23.4. The van der Waals surface area contributed by atoms with Gasteiger partial charge in [0.25, 0.3) is 0 Å². The van der Waals surface area contributed by atoms with Gasteiger partial charge in [0.05, 0.1) is 4.92 Å². The molecule has 0 saturated heterocycles. The molecule has 0 aliphatic heterocycles. The number of benzene rings is 2. The van der Waals surface area contributed by atoms with Gasteiger partial charge in [-0.05, 0) is 24.6 Å². The second kappa shape index (κ2) is 3.88. The Morgan fingerprint density at radius 3 is 2.68 bits per heavy atom. The average molecular weight is 255 g/mol. The van der Waals surface area contributed by atoms with Crippen LogP contribution in [0.3, 0.4) is 0 Å². The summed E-state index contributed by atoms with van der Waals surface area (Å²) in [6.07, 6.45) is 0. The van der Waals surface area contributed by atoms with Crippen LogP contribution in [0.2, 0.25) is 0 Å². The van der Waals surface area contributed by atoms with Crippen molar-refractivity contribution in [2.75, 3.05) is 0 Å². The summed E-state index contributed by atoms with van der Waals surface area (Å²) < 4.78 is 0.586. The molecule has 19 heavy (non-hydrogen) atoms. The van der Waals surface area contributed by atoms with Crippen LogP contribution in [0.15, 0.2) is 36.4 Å². The Bertz CT molecular complexity index is 830. The van der Waals surface area contributed by atoms with Crippen LogP contribution in [0.1, 0.15) is 5.56 Å². The highest BCUT2D eigenvalue weighted by Crippen LogP contribution is 2.25. The molecule has 0 aliphatic rings. The number of aromatic nitrogens is 2. The standard InChI is InChI=1S/C13H9N3O3/c1-8-6-7-11(16(18)19)13-12(8)14-9-4-2-3-5-10(9)15(13)17/h2-7H,1H3. The Kier molecular flexibility index (Phi) is 2.31. The molecule has 0 fully saturated rings. The molecule has 0 bridgehead atoms. The number of aryl methyl sites for hydroxylation is 1. The zero-order chi connectivity index (χ0) is 13.6. The van der Waals surface area contributed by atoms with Gasteiger partial charge in [-0.15, -0.1) is 0 Å². The molecule has 2 aromatic carbocycles. The normalized spacial score (nSPS) is 11.0. The molecule has 0 N–H and O–H groups in total. The van der Waals surface area contributed by atoms with E-state index in [4.69, 9.17) is 0 Å². The van der Waals surface area contributed by atoms with Crippen molar-refractivity contribution in [1.82, 2.24) is 4.98 Å². The summed E-state index contributed by atoms with van der Waals surface area (Å²) in [5.74, 6) is 0. The quantitative estimate of drug-likeness (QED) is 0.219. The number of hydrogen-bond donors (Lipinski definition) is 0. The molecule has 3 aromatic rings. The molecule has 0 unspecified atom stereocenters. The van der Waals surface area contributed by atoms with Crippen LogP contribution in [0.25, 0.3) is 22.1 Å². The Hall–Kier alpha value is -2.76. The summed E-state index contributed by atoms with van der Waals surface area (Å²) >= 11 is 0. The van der Waals surface area contributed by atoms with Crippen molar-refractivity contribution in [1.29, 1.82) is 0 Å². The van der Waals surface area contributed by atoms with Crippen molar-refractivity contribution in [3.8, 4) is 0 Å². The molecular weight excluding hydrogens is 246 g/mol. The van der Waals surface area contributed by atoms with E-state index in [-0.39, 0.29) is 11.2 Å². The molecule has 1 aromatic heterocycles. The number of nitro benzene ring substituents is 1. The van der Waals surface area contributed by atoms with Gasteiger partial charge < -0.3 is 5.21 Å². The first kappa shape index (κ1) is 11.3. The fourth-order valence-corrected chi connectivity index (χ4v) is 2.13. The van der Waals surface area contributed by atoms with Gasteiger partial charge in [-0.3, -0.25) is 10.1 Å². The number of non-ortho nitro benzene ring substituents is 1. The van der Waals surface area contributed by atoms with Crippen LogP contribution in [0.4, 0.5) is 5.69 Å². The van der Waals surface area contributed by atoms with Gasteiger partial charge in [-0.1, -0.05) is 12.1 Å². The first-order valence-electron chi connectivity index (χ1n) is 5.65. The number of rotatable bonds is 1. The predicted molar refractivity (Wildman–Crippen MR) is 69.6 cm³/mol. The average Bonchev–Trinajstić information content (AvgIpc) is 2.40. The molecule has 0 spiro atoms. The summed E-state index contributed by atoms with van der Waals surface area (Å²) in [6.45, 7) is 1.77. The summed E-state index contributed by atoms with van der Waals surface area (Å²) in [7, 11) is 0. The lowest BCUT2D eigenvalue weighted by atomic mass is 10.1. The third-order valence-electron chi connectivity index (χ3n) is 3.06. The van der Waals surface area contributed by atoms with Crippen LogP contribution in [0.5, 0.6) is 0 Å². The maximum Gasteiger partial charge on any atom is 0.343 e. The van der Waals surface area contributed by atoms with Crippen molar-refractivity contribution in [2.45, 2.75) is 6.92 Å².